The number of hydrogen-bond acceptors (Lipinski definition) is 5. The van der Waals surface area contributed by atoms with Crippen LogP contribution in [0, 0.1) is 31.0 Å². The Hall–Kier alpha value is -3.79. The maximum absolute atomic E-state index is 13.5. The number of hydrogen-bond donors (Lipinski definition) is 1. The normalized spacial score (nSPS) is 17.3. The molecule has 5 nitrogen and oxygen atoms in total. The third-order valence-corrected chi connectivity index (χ3v) is 8.06. The van der Waals surface area contributed by atoms with E-state index in [1.807, 2.05) is 26.0 Å². The molecule has 1 unspecified atom stereocenters. The maximum Gasteiger partial charge on any atom is 0.161 e. The molecule has 2 N–H and O–H groups in total. The molecular formula is C31H26Cl2FN3O2. The molecule has 1 aliphatic heterocycles. The fourth-order valence-corrected chi connectivity index (χ4v) is 5.68. The summed E-state index contributed by atoms with van der Waals surface area (Å²) in [5.41, 5.74) is 12.7. The highest BCUT2D eigenvalue weighted by Gasteiger charge is 2.41. The fourth-order valence-electron chi connectivity index (χ4n) is 5.39. The van der Waals surface area contributed by atoms with E-state index >= 15 is 0 Å². The van der Waals surface area contributed by atoms with Gasteiger partial charge in [-0.1, -0.05) is 35.3 Å². The SMILES string of the molecule is Cc1cc(C)c(C2C(C#N)=C(N)N(c3ccc(Cl)c(Cl)c3)C3=C2C(=O)CCC3)cc1COc1ccc(F)cc1. The van der Waals surface area contributed by atoms with Crippen LogP contribution in [0.2, 0.25) is 10.0 Å². The summed E-state index contributed by atoms with van der Waals surface area (Å²) in [6, 6.07) is 17.3. The minimum Gasteiger partial charge on any atom is -0.489 e. The van der Waals surface area contributed by atoms with Gasteiger partial charge in [0, 0.05) is 23.4 Å². The highest BCUT2D eigenvalue weighted by molar-refractivity contribution is 6.42. The molecule has 1 heterocycles. The Morgan fingerprint density at radius 1 is 1.05 bits per heavy atom. The number of ketones is 1. The van der Waals surface area contributed by atoms with Crippen LogP contribution in [-0.2, 0) is 11.4 Å². The van der Waals surface area contributed by atoms with E-state index in [-0.39, 0.29) is 24.0 Å². The summed E-state index contributed by atoms with van der Waals surface area (Å²) in [7, 11) is 0. The Morgan fingerprint density at radius 2 is 1.79 bits per heavy atom. The van der Waals surface area contributed by atoms with E-state index in [9.17, 15) is 14.4 Å². The third kappa shape index (κ3) is 5.01. The maximum atomic E-state index is 13.5. The van der Waals surface area contributed by atoms with Crippen LogP contribution in [0.5, 0.6) is 5.75 Å². The van der Waals surface area contributed by atoms with Crippen molar-refractivity contribution in [3.8, 4) is 11.8 Å². The van der Waals surface area contributed by atoms with Crippen LogP contribution in [0.1, 0.15) is 47.4 Å². The first-order valence-electron chi connectivity index (χ1n) is 12.6. The monoisotopic (exact) mass is 561 g/mol. The van der Waals surface area contributed by atoms with Crippen LogP contribution in [0.4, 0.5) is 10.1 Å². The van der Waals surface area contributed by atoms with Crippen LogP contribution < -0.4 is 15.4 Å². The lowest BCUT2D eigenvalue weighted by molar-refractivity contribution is -0.116. The lowest BCUT2D eigenvalue weighted by Crippen LogP contribution is -2.39. The Balaban J connectivity index is 1.62. The average Bonchev–Trinajstić information content (AvgIpc) is 2.90. The van der Waals surface area contributed by atoms with E-state index in [1.165, 1.54) is 12.1 Å². The van der Waals surface area contributed by atoms with Crippen LogP contribution in [0.15, 0.2) is 77.3 Å². The highest BCUT2D eigenvalue weighted by Crippen LogP contribution is 2.47. The number of nitrogens with zero attached hydrogens (tertiary/aromatic N) is 2. The van der Waals surface area contributed by atoms with Crippen LogP contribution in [0.25, 0.3) is 0 Å². The van der Waals surface area contributed by atoms with Gasteiger partial charge in [-0.05, 0) is 91.4 Å². The van der Waals surface area contributed by atoms with Gasteiger partial charge in [0.1, 0.15) is 24.0 Å². The molecule has 0 saturated carbocycles. The van der Waals surface area contributed by atoms with Gasteiger partial charge in [0.05, 0.1) is 27.6 Å². The Morgan fingerprint density at radius 3 is 2.49 bits per heavy atom. The molecule has 198 valence electrons. The summed E-state index contributed by atoms with van der Waals surface area (Å²) < 4.78 is 19.2. The number of rotatable bonds is 5. The molecule has 2 aliphatic rings. The number of halogens is 3. The number of carbonyl (C=O) groups excluding carboxylic acids is 1. The molecule has 0 spiro atoms. The number of Topliss-reactive ketones (excluding diaryl/α,β-unsaturated/α-hetero) is 1. The lowest BCUT2D eigenvalue weighted by Gasteiger charge is -2.40. The van der Waals surface area contributed by atoms with Crippen LogP contribution in [0.3, 0.4) is 0 Å². The van der Waals surface area contributed by atoms with Gasteiger partial charge >= 0.3 is 0 Å². The molecular weight excluding hydrogens is 536 g/mol. The van der Waals surface area contributed by atoms with E-state index in [1.54, 1.807) is 35.2 Å². The van der Waals surface area contributed by atoms with Gasteiger partial charge < -0.3 is 10.5 Å². The molecule has 0 fully saturated rings. The van der Waals surface area contributed by atoms with Gasteiger partial charge in [0.2, 0.25) is 0 Å². The summed E-state index contributed by atoms with van der Waals surface area (Å²) in [6.45, 7) is 4.20. The zero-order chi connectivity index (χ0) is 27.8. The Bertz CT molecular complexity index is 1590. The third-order valence-electron chi connectivity index (χ3n) is 7.32. The van der Waals surface area contributed by atoms with E-state index < -0.39 is 5.92 Å². The van der Waals surface area contributed by atoms with Crippen molar-refractivity contribution in [2.45, 2.75) is 45.6 Å². The zero-order valence-electron chi connectivity index (χ0n) is 21.5. The quantitative estimate of drug-likeness (QED) is 0.346. The number of nitriles is 1. The first-order chi connectivity index (χ1) is 18.7. The largest absolute Gasteiger partial charge is 0.489 e. The zero-order valence-corrected chi connectivity index (χ0v) is 23.0. The van der Waals surface area contributed by atoms with Crippen molar-refractivity contribution in [2.24, 2.45) is 5.73 Å². The minimum atomic E-state index is -0.609. The second-order valence-electron chi connectivity index (χ2n) is 9.79. The number of aryl methyl sites for hydroxylation is 2. The average molecular weight is 562 g/mol. The van der Waals surface area contributed by atoms with Crippen LogP contribution in [-0.4, -0.2) is 5.78 Å². The van der Waals surface area contributed by atoms with Crippen LogP contribution >= 0.6 is 23.2 Å². The smallest absolute Gasteiger partial charge is 0.161 e. The number of carbonyl (C=O) groups is 1. The van der Waals surface area contributed by atoms with Crippen molar-refractivity contribution in [1.29, 1.82) is 5.26 Å². The van der Waals surface area contributed by atoms with Gasteiger partial charge in [-0.15, -0.1) is 0 Å². The van der Waals surface area contributed by atoms with Crippen molar-refractivity contribution in [1.82, 2.24) is 0 Å². The summed E-state index contributed by atoms with van der Waals surface area (Å²) in [5.74, 6) is -0.142. The number of anilines is 1. The summed E-state index contributed by atoms with van der Waals surface area (Å²) >= 11 is 12.5. The van der Waals surface area contributed by atoms with Crippen molar-refractivity contribution in [3.63, 3.8) is 0 Å². The van der Waals surface area contributed by atoms with Gasteiger partial charge in [-0.25, -0.2) is 4.39 Å². The molecule has 0 saturated heterocycles. The molecule has 1 atom stereocenters. The van der Waals surface area contributed by atoms with Crippen molar-refractivity contribution < 1.29 is 13.9 Å². The standard InChI is InChI=1S/C31H26Cl2FN3O2/c1-17-12-18(2)23(13-19(17)16-39-22-9-6-20(34)7-10-22)29-24(15-35)31(36)37(21-8-11-25(32)26(33)14-21)27-4-3-5-28(38)30(27)29/h6-14,29H,3-5,16,36H2,1-2H3. The van der Waals surface area contributed by atoms with Crippen molar-refractivity contribution >= 4 is 34.7 Å². The summed E-state index contributed by atoms with van der Waals surface area (Å²) in [4.78, 5) is 15.3. The van der Waals surface area contributed by atoms with E-state index in [0.29, 0.717) is 51.9 Å². The molecule has 5 rings (SSSR count). The molecule has 1 aliphatic carbocycles. The van der Waals surface area contributed by atoms with Crippen molar-refractivity contribution in [3.05, 3.63) is 115 Å². The predicted octanol–water partition coefficient (Wildman–Crippen LogP) is 7.63. The number of ether oxygens (including phenoxy) is 1. The van der Waals surface area contributed by atoms with Gasteiger partial charge in [-0.3, -0.25) is 9.69 Å². The predicted molar refractivity (Wildman–Crippen MR) is 151 cm³/mol. The van der Waals surface area contributed by atoms with E-state index in [4.69, 9.17) is 33.7 Å². The summed E-state index contributed by atoms with van der Waals surface area (Å²) in [6.07, 6.45) is 1.71. The first kappa shape index (κ1) is 26.8. The molecule has 8 heteroatoms. The molecule has 3 aromatic carbocycles. The van der Waals surface area contributed by atoms with E-state index in [0.717, 1.165) is 28.0 Å². The van der Waals surface area contributed by atoms with Gasteiger partial charge in [0.25, 0.3) is 0 Å². The van der Waals surface area contributed by atoms with Gasteiger partial charge in [0.15, 0.2) is 5.78 Å². The number of allylic oxidation sites excluding steroid dienone is 3. The molecule has 39 heavy (non-hydrogen) atoms. The molecule has 0 amide bonds. The van der Waals surface area contributed by atoms with Crippen molar-refractivity contribution in [2.75, 3.05) is 4.90 Å². The highest BCUT2D eigenvalue weighted by atomic mass is 35.5. The first-order valence-corrected chi connectivity index (χ1v) is 13.3. The van der Waals surface area contributed by atoms with Gasteiger partial charge in [-0.2, -0.15) is 5.26 Å². The van der Waals surface area contributed by atoms with E-state index in [2.05, 4.69) is 6.07 Å². The minimum absolute atomic E-state index is 0.00403. The Labute approximate surface area is 236 Å². The fraction of sp³-hybridized carbons (Fsp3) is 0.226. The molecule has 0 bridgehead atoms. The topological polar surface area (TPSA) is 79.4 Å². The molecule has 0 aromatic heterocycles. The second kappa shape index (κ2) is 10.8. The number of nitrogens with two attached hydrogens (primary N) is 1. The Kier molecular flexibility index (Phi) is 7.40. The number of benzene rings is 3. The molecule has 3 aromatic rings. The molecule has 0 radical (unpaired) electrons. The lowest BCUT2D eigenvalue weighted by atomic mass is 9.74. The second-order valence-corrected chi connectivity index (χ2v) is 10.6. The summed E-state index contributed by atoms with van der Waals surface area (Å²) in [5, 5.41) is 11.1.